The van der Waals surface area contributed by atoms with Gasteiger partial charge in [-0.25, -0.2) is 13.6 Å². The Morgan fingerprint density at radius 1 is 1.12 bits per heavy atom. The van der Waals surface area contributed by atoms with Gasteiger partial charge < -0.3 is 15.0 Å². The second kappa shape index (κ2) is 7.28. The first-order chi connectivity index (χ1) is 12.3. The zero-order valence-electron chi connectivity index (χ0n) is 13.8. The van der Waals surface area contributed by atoms with E-state index in [1.807, 2.05) is 24.3 Å². The number of morpholine rings is 1. The van der Waals surface area contributed by atoms with Gasteiger partial charge >= 0.3 is 0 Å². The summed E-state index contributed by atoms with van der Waals surface area (Å²) in [5.74, 6) is 0. The molecule has 0 aromatic heterocycles. The second-order valence-corrected chi connectivity index (χ2v) is 7.31. The lowest BCUT2D eigenvalue weighted by Gasteiger charge is -2.28. The first-order valence-electron chi connectivity index (χ1n) is 7.85. The zero-order valence-corrected chi connectivity index (χ0v) is 14.6. The summed E-state index contributed by atoms with van der Waals surface area (Å²) in [6.45, 7) is 2.99. The largest absolute Gasteiger partial charge is 0.378 e. The van der Waals surface area contributed by atoms with Crippen molar-refractivity contribution in [1.82, 2.24) is 0 Å². The molecule has 1 heterocycles. The van der Waals surface area contributed by atoms with Crippen LogP contribution in [0.2, 0.25) is 0 Å². The number of hydrogen-bond donors (Lipinski definition) is 2. The molecule has 0 spiro atoms. The Kier molecular flexibility index (Phi) is 5.07. The van der Waals surface area contributed by atoms with Crippen molar-refractivity contribution in [3.8, 4) is 0 Å². The Hall–Kier alpha value is -2.69. The molecule has 3 N–H and O–H groups in total. The minimum atomic E-state index is -4.01. The van der Waals surface area contributed by atoms with Gasteiger partial charge in [-0.3, -0.25) is 10.1 Å². The van der Waals surface area contributed by atoms with Crippen molar-refractivity contribution < 1.29 is 18.1 Å². The summed E-state index contributed by atoms with van der Waals surface area (Å²) in [6, 6.07) is 10.9. The van der Waals surface area contributed by atoms with Crippen LogP contribution in [0.15, 0.2) is 47.4 Å². The Balaban J connectivity index is 1.83. The van der Waals surface area contributed by atoms with Crippen molar-refractivity contribution in [3.05, 3.63) is 52.6 Å². The molecule has 0 amide bonds. The Morgan fingerprint density at radius 2 is 1.77 bits per heavy atom. The number of nitro groups is 1. The molecule has 0 atom stereocenters. The minimum absolute atomic E-state index is 0.182. The summed E-state index contributed by atoms with van der Waals surface area (Å²) in [5, 5.41) is 19.2. The van der Waals surface area contributed by atoms with Crippen molar-refractivity contribution in [1.29, 1.82) is 0 Å². The maximum absolute atomic E-state index is 11.4. The van der Waals surface area contributed by atoms with Crippen LogP contribution < -0.4 is 15.4 Å². The molecule has 1 aliphatic rings. The van der Waals surface area contributed by atoms with E-state index in [1.54, 1.807) is 0 Å². The van der Waals surface area contributed by atoms with Crippen molar-refractivity contribution in [2.75, 3.05) is 36.5 Å². The molecule has 3 rings (SSSR count). The molecule has 26 heavy (non-hydrogen) atoms. The van der Waals surface area contributed by atoms with Crippen molar-refractivity contribution in [2.45, 2.75) is 4.90 Å². The van der Waals surface area contributed by atoms with E-state index >= 15 is 0 Å². The molecule has 138 valence electrons. The van der Waals surface area contributed by atoms with Crippen molar-refractivity contribution >= 4 is 32.8 Å². The van der Waals surface area contributed by atoms with E-state index in [4.69, 9.17) is 9.88 Å². The lowest BCUT2D eigenvalue weighted by molar-refractivity contribution is -0.384. The van der Waals surface area contributed by atoms with Crippen LogP contribution in [-0.2, 0) is 14.8 Å². The lowest BCUT2D eigenvalue weighted by Crippen LogP contribution is -2.36. The van der Waals surface area contributed by atoms with Crippen LogP contribution in [0.1, 0.15) is 0 Å². The van der Waals surface area contributed by atoms with Gasteiger partial charge in [0, 0.05) is 30.5 Å². The number of primary sulfonamides is 1. The third-order valence-electron chi connectivity index (χ3n) is 4.02. The number of nitrogens with two attached hydrogens (primary N) is 1. The van der Waals surface area contributed by atoms with E-state index in [9.17, 15) is 18.5 Å². The fraction of sp³-hybridized carbons (Fsp3) is 0.250. The summed E-state index contributed by atoms with van der Waals surface area (Å²) in [5.41, 5.74) is 1.50. The first-order valence-corrected chi connectivity index (χ1v) is 9.40. The van der Waals surface area contributed by atoms with Gasteiger partial charge in [0.2, 0.25) is 10.0 Å². The Labute approximate surface area is 150 Å². The number of sulfonamides is 1. The van der Waals surface area contributed by atoms with E-state index in [0.717, 1.165) is 24.8 Å². The molecule has 0 saturated carbocycles. The van der Waals surface area contributed by atoms with Crippen LogP contribution in [0, 0.1) is 10.1 Å². The molecular formula is C16H18N4O5S. The number of anilines is 3. The fourth-order valence-electron chi connectivity index (χ4n) is 2.68. The SMILES string of the molecule is NS(=O)(=O)c1ccc(Nc2ccc(N3CCOCC3)cc2)c([N+](=O)[O-])c1. The predicted octanol–water partition coefficient (Wildman–Crippen LogP) is 1.82. The highest BCUT2D eigenvalue weighted by molar-refractivity contribution is 7.89. The number of nitrogens with one attached hydrogen (secondary N) is 1. The smallest absolute Gasteiger partial charge is 0.294 e. The maximum Gasteiger partial charge on any atom is 0.294 e. The Morgan fingerprint density at radius 3 is 2.35 bits per heavy atom. The molecule has 0 radical (unpaired) electrons. The van der Waals surface area contributed by atoms with Crippen molar-refractivity contribution in [3.63, 3.8) is 0 Å². The number of ether oxygens (including phenoxy) is 1. The van der Waals surface area contributed by atoms with Gasteiger partial charge in [0.1, 0.15) is 5.69 Å². The van der Waals surface area contributed by atoms with E-state index < -0.39 is 14.9 Å². The number of nitrogens with zero attached hydrogens (tertiary/aromatic N) is 2. The highest BCUT2D eigenvalue weighted by atomic mass is 32.2. The van der Waals surface area contributed by atoms with E-state index in [1.165, 1.54) is 12.1 Å². The van der Waals surface area contributed by atoms with Gasteiger partial charge in [0.15, 0.2) is 0 Å². The molecule has 0 unspecified atom stereocenters. The topological polar surface area (TPSA) is 128 Å². The maximum atomic E-state index is 11.4. The molecule has 9 nitrogen and oxygen atoms in total. The van der Waals surface area contributed by atoms with Gasteiger partial charge in [-0.1, -0.05) is 0 Å². The lowest BCUT2D eigenvalue weighted by atomic mass is 10.2. The first kappa shape index (κ1) is 18.1. The summed E-state index contributed by atoms with van der Waals surface area (Å²) >= 11 is 0. The van der Waals surface area contributed by atoms with Gasteiger partial charge in [0.05, 0.1) is 23.0 Å². The van der Waals surface area contributed by atoms with Crippen LogP contribution in [-0.4, -0.2) is 39.6 Å². The average molecular weight is 378 g/mol. The second-order valence-electron chi connectivity index (χ2n) is 5.75. The van der Waals surface area contributed by atoms with E-state index in [0.29, 0.717) is 18.9 Å². The molecule has 0 bridgehead atoms. The minimum Gasteiger partial charge on any atom is -0.378 e. The quantitative estimate of drug-likeness (QED) is 0.600. The number of hydrogen-bond acceptors (Lipinski definition) is 7. The summed E-state index contributed by atoms with van der Waals surface area (Å²) in [6.07, 6.45) is 0. The zero-order chi connectivity index (χ0) is 18.7. The van der Waals surface area contributed by atoms with E-state index in [-0.39, 0.29) is 16.3 Å². The van der Waals surface area contributed by atoms with Crippen LogP contribution in [0.4, 0.5) is 22.7 Å². The number of nitro benzene ring substituents is 1. The molecule has 1 aliphatic heterocycles. The monoisotopic (exact) mass is 378 g/mol. The molecule has 1 saturated heterocycles. The highest BCUT2D eigenvalue weighted by Crippen LogP contribution is 2.30. The number of benzene rings is 2. The molecular weight excluding hydrogens is 360 g/mol. The molecule has 10 heteroatoms. The fourth-order valence-corrected chi connectivity index (χ4v) is 3.21. The highest BCUT2D eigenvalue weighted by Gasteiger charge is 2.19. The normalized spacial score (nSPS) is 14.9. The van der Waals surface area contributed by atoms with Crippen LogP contribution in [0.3, 0.4) is 0 Å². The average Bonchev–Trinajstić information content (AvgIpc) is 2.62. The molecule has 2 aromatic carbocycles. The van der Waals surface area contributed by atoms with Crippen molar-refractivity contribution in [2.24, 2.45) is 5.14 Å². The summed E-state index contributed by atoms with van der Waals surface area (Å²) < 4.78 is 28.1. The molecule has 1 fully saturated rings. The van der Waals surface area contributed by atoms with Crippen LogP contribution in [0.5, 0.6) is 0 Å². The van der Waals surface area contributed by atoms with Gasteiger partial charge in [-0.2, -0.15) is 0 Å². The van der Waals surface area contributed by atoms with Gasteiger partial charge in [-0.15, -0.1) is 0 Å². The number of rotatable bonds is 5. The predicted molar refractivity (Wildman–Crippen MR) is 97.2 cm³/mol. The molecule has 0 aliphatic carbocycles. The third kappa shape index (κ3) is 4.10. The Bertz CT molecular complexity index is 909. The van der Waals surface area contributed by atoms with Crippen LogP contribution >= 0.6 is 0 Å². The van der Waals surface area contributed by atoms with E-state index in [2.05, 4.69) is 10.2 Å². The molecule has 2 aromatic rings. The van der Waals surface area contributed by atoms with Crippen LogP contribution in [0.25, 0.3) is 0 Å². The summed E-state index contributed by atoms with van der Waals surface area (Å²) in [7, 11) is -4.01. The standard InChI is InChI=1S/C16H18N4O5S/c17-26(23,24)14-5-6-15(16(11-14)20(21)22)18-12-1-3-13(4-2-12)19-7-9-25-10-8-19/h1-6,11,18H,7-10H2,(H2,17,23,24). The van der Waals surface area contributed by atoms with Gasteiger partial charge in [0.25, 0.3) is 5.69 Å². The summed E-state index contributed by atoms with van der Waals surface area (Å²) in [4.78, 5) is 12.5. The van der Waals surface area contributed by atoms with Gasteiger partial charge in [-0.05, 0) is 36.4 Å². The third-order valence-corrected chi connectivity index (χ3v) is 4.93.